The van der Waals surface area contributed by atoms with Gasteiger partial charge in [-0.1, -0.05) is 6.92 Å². The molecule has 0 saturated carbocycles. The van der Waals surface area contributed by atoms with Crippen molar-refractivity contribution in [3.05, 3.63) is 34.6 Å². The zero-order valence-corrected chi connectivity index (χ0v) is 10.8. The number of hydrogen-bond acceptors (Lipinski definition) is 4. The minimum absolute atomic E-state index is 0.173. The van der Waals surface area contributed by atoms with Crippen molar-refractivity contribution in [1.29, 1.82) is 0 Å². The van der Waals surface area contributed by atoms with Gasteiger partial charge in [-0.15, -0.1) is 11.3 Å². The number of nitrogens with zero attached hydrogens (tertiary/aromatic N) is 2. The second-order valence-electron chi connectivity index (χ2n) is 3.83. The second kappa shape index (κ2) is 5.26. The van der Waals surface area contributed by atoms with E-state index in [-0.39, 0.29) is 6.61 Å². The van der Waals surface area contributed by atoms with E-state index < -0.39 is 11.9 Å². The number of rotatable bonds is 3. The van der Waals surface area contributed by atoms with Crippen molar-refractivity contribution in [2.24, 2.45) is 0 Å². The second-order valence-corrected chi connectivity index (χ2v) is 4.91. The fourth-order valence-electron chi connectivity index (χ4n) is 1.59. The van der Waals surface area contributed by atoms with E-state index in [1.54, 1.807) is 0 Å². The number of aliphatic hydroxyl groups excluding tert-OH is 1. The molecule has 2 heterocycles. The van der Waals surface area contributed by atoms with Crippen molar-refractivity contribution in [2.45, 2.75) is 26.1 Å². The first kappa shape index (κ1) is 14.0. The fourth-order valence-corrected chi connectivity index (χ4v) is 2.59. The molecule has 7 heteroatoms. The largest absolute Gasteiger partial charge is 0.433 e. The summed E-state index contributed by atoms with van der Waals surface area (Å²) in [7, 11) is 0. The molecule has 1 N–H and O–H groups in total. The van der Waals surface area contributed by atoms with E-state index in [0.717, 1.165) is 23.6 Å². The minimum Gasteiger partial charge on any atom is -0.390 e. The Morgan fingerprint density at radius 3 is 2.47 bits per heavy atom. The SMILES string of the molecule is CCc1sc(-c2ccc(C(F)(F)F)nc2)nc1CO. The Hall–Kier alpha value is -1.47. The van der Waals surface area contributed by atoms with Crippen molar-refractivity contribution in [3.63, 3.8) is 0 Å². The third-order valence-corrected chi connectivity index (χ3v) is 3.84. The Labute approximate surface area is 111 Å². The molecule has 0 aliphatic carbocycles. The molecule has 0 aromatic carbocycles. The molecule has 0 aliphatic rings. The monoisotopic (exact) mass is 288 g/mol. The van der Waals surface area contributed by atoms with Crippen molar-refractivity contribution < 1.29 is 18.3 Å². The topological polar surface area (TPSA) is 46.0 Å². The molecule has 0 aliphatic heterocycles. The van der Waals surface area contributed by atoms with Crippen molar-refractivity contribution >= 4 is 11.3 Å². The van der Waals surface area contributed by atoms with Crippen LogP contribution in [0.25, 0.3) is 10.6 Å². The molecule has 102 valence electrons. The van der Waals surface area contributed by atoms with Crippen LogP contribution in [0.15, 0.2) is 18.3 Å². The Morgan fingerprint density at radius 1 is 1.32 bits per heavy atom. The zero-order valence-electron chi connectivity index (χ0n) is 10.0. The average molecular weight is 288 g/mol. The summed E-state index contributed by atoms with van der Waals surface area (Å²) >= 11 is 1.36. The zero-order chi connectivity index (χ0) is 14.0. The van der Waals surface area contributed by atoms with Gasteiger partial charge < -0.3 is 5.11 Å². The van der Waals surface area contributed by atoms with Crippen LogP contribution in [0.4, 0.5) is 13.2 Å². The lowest BCUT2D eigenvalue weighted by Gasteiger charge is -2.05. The number of thiazole rings is 1. The van der Waals surface area contributed by atoms with Crippen LogP contribution in [-0.4, -0.2) is 15.1 Å². The molecule has 0 fully saturated rings. The molecule has 0 bridgehead atoms. The summed E-state index contributed by atoms with van der Waals surface area (Å²) in [6.07, 6.45) is -2.56. The highest BCUT2D eigenvalue weighted by molar-refractivity contribution is 7.15. The van der Waals surface area contributed by atoms with E-state index in [1.807, 2.05) is 6.92 Å². The van der Waals surface area contributed by atoms with Crippen molar-refractivity contribution in [2.75, 3.05) is 0 Å². The Morgan fingerprint density at radius 2 is 2.05 bits per heavy atom. The van der Waals surface area contributed by atoms with Gasteiger partial charge in [-0.05, 0) is 18.6 Å². The Bertz CT molecular complexity index is 542. The van der Waals surface area contributed by atoms with Gasteiger partial charge in [0.1, 0.15) is 10.7 Å². The lowest BCUT2D eigenvalue weighted by atomic mass is 10.2. The molecule has 2 aromatic heterocycles. The van der Waals surface area contributed by atoms with Crippen molar-refractivity contribution in [3.8, 4) is 10.6 Å². The fraction of sp³-hybridized carbons (Fsp3) is 0.333. The molecular formula is C12H11F3N2OS. The maximum Gasteiger partial charge on any atom is 0.433 e. The molecule has 0 saturated heterocycles. The van der Waals surface area contributed by atoms with Crippen LogP contribution in [0.1, 0.15) is 23.2 Å². The van der Waals surface area contributed by atoms with E-state index in [0.29, 0.717) is 16.3 Å². The Balaban J connectivity index is 2.34. The van der Waals surface area contributed by atoms with E-state index in [4.69, 9.17) is 5.11 Å². The first-order valence-corrected chi connectivity index (χ1v) is 6.40. The molecular weight excluding hydrogens is 277 g/mol. The number of aliphatic hydroxyl groups is 1. The predicted octanol–water partition coefficient (Wildman–Crippen LogP) is 3.28. The van der Waals surface area contributed by atoms with Gasteiger partial charge >= 0.3 is 6.18 Å². The number of alkyl halides is 3. The first-order valence-electron chi connectivity index (χ1n) is 5.58. The number of hydrogen-bond donors (Lipinski definition) is 1. The standard InChI is InChI=1S/C12H11F3N2OS/c1-2-9-8(6-18)17-11(19-9)7-3-4-10(16-5-7)12(13,14)15/h3-5,18H,2,6H2,1H3. The molecule has 0 radical (unpaired) electrons. The van der Waals surface area contributed by atoms with Gasteiger partial charge in [0.25, 0.3) is 0 Å². The third kappa shape index (κ3) is 2.93. The summed E-state index contributed by atoms with van der Waals surface area (Å²) in [6.45, 7) is 1.76. The van der Waals surface area contributed by atoms with Gasteiger partial charge in [0.15, 0.2) is 0 Å². The summed E-state index contributed by atoms with van der Waals surface area (Å²) in [6, 6.07) is 2.27. The van der Waals surface area contributed by atoms with Gasteiger partial charge in [0.2, 0.25) is 0 Å². The van der Waals surface area contributed by atoms with Gasteiger partial charge in [-0.3, -0.25) is 4.98 Å². The normalized spacial score (nSPS) is 11.8. The van der Waals surface area contributed by atoms with E-state index in [9.17, 15) is 13.2 Å². The summed E-state index contributed by atoms with van der Waals surface area (Å²) in [5, 5.41) is 9.71. The maximum absolute atomic E-state index is 12.4. The first-order chi connectivity index (χ1) is 8.95. The van der Waals surface area contributed by atoms with Crippen LogP contribution in [0.5, 0.6) is 0 Å². The molecule has 0 spiro atoms. The highest BCUT2D eigenvalue weighted by Gasteiger charge is 2.32. The van der Waals surface area contributed by atoms with Crippen LogP contribution >= 0.6 is 11.3 Å². The van der Waals surface area contributed by atoms with Crippen LogP contribution in [0.3, 0.4) is 0 Å². The summed E-state index contributed by atoms with van der Waals surface area (Å²) < 4.78 is 37.2. The number of pyridine rings is 1. The number of halogens is 3. The third-order valence-electron chi connectivity index (χ3n) is 2.55. The summed E-state index contributed by atoms with van der Waals surface area (Å²) in [5.74, 6) is 0. The maximum atomic E-state index is 12.4. The lowest BCUT2D eigenvalue weighted by molar-refractivity contribution is -0.141. The summed E-state index contributed by atoms with van der Waals surface area (Å²) in [5.41, 5.74) is 0.167. The van der Waals surface area contributed by atoms with Gasteiger partial charge in [0.05, 0.1) is 12.3 Å². The number of aryl methyl sites for hydroxylation is 1. The van der Waals surface area contributed by atoms with E-state index in [2.05, 4.69) is 9.97 Å². The highest BCUT2D eigenvalue weighted by Crippen LogP contribution is 2.31. The molecule has 3 nitrogen and oxygen atoms in total. The minimum atomic E-state index is -4.44. The highest BCUT2D eigenvalue weighted by atomic mass is 32.1. The quantitative estimate of drug-likeness (QED) is 0.942. The van der Waals surface area contributed by atoms with Crippen LogP contribution in [0, 0.1) is 0 Å². The molecule has 2 aromatic rings. The smallest absolute Gasteiger partial charge is 0.390 e. The van der Waals surface area contributed by atoms with Gasteiger partial charge in [0, 0.05) is 16.6 Å². The number of aromatic nitrogens is 2. The Kier molecular flexibility index (Phi) is 3.86. The molecule has 0 amide bonds. The van der Waals surface area contributed by atoms with E-state index >= 15 is 0 Å². The van der Waals surface area contributed by atoms with Crippen LogP contribution in [-0.2, 0) is 19.2 Å². The average Bonchev–Trinajstić information content (AvgIpc) is 2.81. The molecule has 0 unspecified atom stereocenters. The van der Waals surface area contributed by atoms with Gasteiger partial charge in [-0.25, -0.2) is 4.98 Å². The molecule has 2 rings (SSSR count). The molecule has 19 heavy (non-hydrogen) atoms. The van der Waals surface area contributed by atoms with E-state index in [1.165, 1.54) is 17.4 Å². The van der Waals surface area contributed by atoms with Crippen LogP contribution in [0.2, 0.25) is 0 Å². The van der Waals surface area contributed by atoms with Gasteiger partial charge in [-0.2, -0.15) is 13.2 Å². The predicted molar refractivity (Wildman–Crippen MR) is 65.6 cm³/mol. The van der Waals surface area contributed by atoms with Crippen LogP contribution < -0.4 is 0 Å². The summed E-state index contributed by atoms with van der Waals surface area (Å²) in [4.78, 5) is 8.53. The molecule has 0 atom stereocenters. The lowest BCUT2D eigenvalue weighted by Crippen LogP contribution is -2.07. The van der Waals surface area contributed by atoms with Crippen molar-refractivity contribution in [1.82, 2.24) is 9.97 Å².